The van der Waals surface area contributed by atoms with Gasteiger partial charge >= 0.3 is 0 Å². The lowest BCUT2D eigenvalue weighted by atomic mass is 9.91. The smallest absolute Gasteiger partial charge is 0.122 e. The van der Waals surface area contributed by atoms with Crippen LogP contribution < -0.4 is 14.8 Å². The quantitative estimate of drug-likeness (QED) is 0.848. The molecule has 0 amide bonds. The predicted molar refractivity (Wildman–Crippen MR) is 64.4 cm³/mol. The molecular weight excluding hydrogens is 202 g/mol. The van der Waals surface area contributed by atoms with Crippen LogP contribution in [0.2, 0.25) is 0 Å². The Bertz CT molecular complexity index is 346. The highest BCUT2D eigenvalue weighted by atomic mass is 16.5. The molecule has 1 N–H and O–H groups in total. The number of ether oxygens (including phenoxy) is 2. The maximum Gasteiger partial charge on any atom is 0.122 e. The molecule has 0 bridgehead atoms. The Morgan fingerprint density at radius 2 is 2.12 bits per heavy atom. The van der Waals surface area contributed by atoms with E-state index in [1.54, 1.807) is 14.2 Å². The molecule has 1 atom stereocenters. The highest BCUT2D eigenvalue weighted by Crippen LogP contribution is 2.33. The number of piperidine rings is 1. The molecule has 16 heavy (non-hydrogen) atoms. The molecule has 1 saturated heterocycles. The Hall–Kier alpha value is -1.22. The lowest BCUT2D eigenvalue weighted by Crippen LogP contribution is -2.28. The topological polar surface area (TPSA) is 30.5 Å². The van der Waals surface area contributed by atoms with Crippen LogP contribution in [0.1, 0.15) is 24.3 Å². The molecule has 1 heterocycles. The first-order valence-electron chi connectivity index (χ1n) is 5.78. The van der Waals surface area contributed by atoms with E-state index in [9.17, 15) is 0 Å². The zero-order valence-corrected chi connectivity index (χ0v) is 9.95. The van der Waals surface area contributed by atoms with Gasteiger partial charge in [-0.2, -0.15) is 0 Å². The maximum atomic E-state index is 5.41. The van der Waals surface area contributed by atoms with E-state index < -0.39 is 0 Å². The third-order valence-corrected chi connectivity index (χ3v) is 3.17. The van der Waals surface area contributed by atoms with Crippen molar-refractivity contribution in [2.24, 2.45) is 0 Å². The zero-order valence-electron chi connectivity index (χ0n) is 9.95. The van der Waals surface area contributed by atoms with Crippen LogP contribution in [-0.4, -0.2) is 27.3 Å². The minimum Gasteiger partial charge on any atom is -0.497 e. The average molecular weight is 221 g/mol. The van der Waals surface area contributed by atoms with Crippen LogP contribution in [0, 0.1) is 0 Å². The van der Waals surface area contributed by atoms with Gasteiger partial charge in [-0.3, -0.25) is 0 Å². The van der Waals surface area contributed by atoms with Crippen molar-refractivity contribution in [3.63, 3.8) is 0 Å². The molecule has 88 valence electrons. The lowest BCUT2D eigenvalue weighted by molar-refractivity contribution is 0.384. The Kier molecular flexibility index (Phi) is 3.67. The molecule has 0 saturated carbocycles. The van der Waals surface area contributed by atoms with Gasteiger partial charge in [-0.1, -0.05) is 0 Å². The second kappa shape index (κ2) is 5.21. The van der Waals surface area contributed by atoms with E-state index in [1.165, 1.54) is 18.4 Å². The minimum absolute atomic E-state index is 0.541. The van der Waals surface area contributed by atoms with Crippen LogP contribution in [0.25, 0.3) is 0 Å². The molecule has 3 heteroatoms. The van der Waals surface area contributed by atoms with Crippen LogP contribution in [0.5, 0.6) is 11.5 Å². The third-order valence-electron chi connectivity index (χ3n) is 3.17. The van der Waals surface area contributed by atoms with Gasteiger partial charge in [0.2, 0.25) is 0 Å². The Morgan fingerprint density at radius 3 is 2.75 bits per heavy atom. The fourth-order valence-electron chi connectivity index (χ4n) is 2.28. The summed E-state index contributed by atoms with van der Waals surface area (Å²) in [5, 5.41) is 3.43. The number of benzene rings is 1. The molecule has 0 aromatic heterocycles. The van der Waals surface area contributed by atoms with Gasteiger partial charge < -0.3 is 14.8 Å². The van der Waals surface area contributed by atoms with E-state index in [1.807, 2.05) is 12.1 Å². The fourth-order valence-corrected chi connectivity index (χ4v) is 2.28. The summed E-state index contributed by atoms with van der Waals surface area (Å²) in [4.78, 5) is 0. The van der Waals surface area contributed by atoms with E-state index in [0.29, 0.717) is 5.92 Å². The fraction of sp³-hybridized carbons (Fsp3) is 0.538. The molecule has 1 aromatic rings. The van der Waals surface area contributed by atoms with Crippen molar-refractivity contribution in [3.05, 3.63) is 23.8 Å². The summed E-state index contributed by atoms with van der Waals surface area (Å²) in [5.74, 6) is 2.41. The maximum absolute atomic E-state index is 5.41. The van der Waals surface area contributed by atoms with Crippen molar-refractivity contribution in [1.82, 2.24) is 5.32 Å². The van der Waals surface area contributed by atoms with Crippen molar-refractivity contribution in [1.29, 1.82) is 0 Å². The van der Waals surface area contributed by atoms with Gasteiger partial charge in [0.15, 0.2) is 0 Å². The number of nitrogens with one attached hydrogen (secondary N) is 1. The average Bonchev–Trinajstić information content (AvgIpc) is 2.39. The second-order valence-electron chi connectivity index (χ2n) is 4.15. The molecule has 0 spiro atoms. The van der Waals surface area contributed by atoms with Crippen molar-refractivity contribution in [2.75, 3.05) is 27.3 Å². The van der Waals surface area contributed by atoms with Crippen LogP contribution in [0.3, 0.4) is 0 Å². The molecule has 3 nitrogen and oxygen atoms in total. The van der Waals surface area contributed by atoms with E-state index in [2.05, 4.69) is 11.4 Å². The third kappa shape index (κ3) is 2.30. The molecule has 2 rings (SSSR count). The van der Waals surface area contributed by atoms with E-state index in [4.69, 9.17) is 9.47 Å². The van der Waals surface area contributed by atoms with Gasteiger partial charge in [0, 0.05) is 18.0 Å². The van der Waals surface area contributed by atoms with Crippen LogP contribution in [0.4, 0.5) is 0 Å². The van der Waals surface area contributed by atoms with E-state index >= 15 is 0 Å². The molecule has 1 aliphatic rings. The summed E-state index contributed by atoms with van der Waals surface area (Å²) in [7, 11) is 3.42. The van der Waals surface area contributed by atoms with Crippen LogP contribution in [-0.2, 0) is 0 Å². The van der Waals surface area contributed by atoms with Crippen molar-refractivity contribution in [3.8, 4) is 11.5 Å². The summed E-state index contributed by atoms with van der Waals surface area (Å²) in [6.45, 7) is 2.16. The number of hydrogen-bond donors (Lipinski definition) is 1. The highest BCUT2D eigenvalue weighted by molar-refractivity contribution is 5.42. The lowest BCUT2D eigenvalue weighted by Gasteiger charge is -2.25. The summed E-state index contributed by atoms with van der Waals surface area (Å²) in [6.07, 6.45) is 2.45. The number of hydrogen-bond acceptors (Lipinski definition) is 3. The molecule has 1 unspecified atom stereocenters. The zero-order chi connectivity index (χ0) is 11.4. The first-order chi connectivity index (χ1) is 7.85. The monoisotopic (exact) mass is 221 g/mol. The second-order valence-corrected chi connectivity index (χ2v) is 4.15. The normalized spacial score (nSPS) is 20.5. The Labute approximate surface area is 96.8 Å². The molecule has 1 aromatic carbocycles. The van der Waals surface area contributed by atoms with Gasteiger partial charge in [0.1, 0.15) is 11.5 Å². The van der Waals surface area contributed by atoms with Crippen LogP contribution >= 0.6 is 0 Å². The van der Waals surface area contributed by atoms with Crippen molar-refractivity contribution in [2.45, 2.75) is 18.8 Å². The Balaban J connectivity index is 2.27. The summed E-state index contributed by atoms with van der Waals surface area (Å²) in [6, 6.07) is 6.03. The number of rotatable bonds is 3. The highest BCUT2D eigenvalue weighted by Gasteiger charge is 2.19. The standard InChI is InChI=1S/C13H19NO2/c1-15-11-5-6-13(16-2)12(8-11)10-4-3-7-14-9-10/h5-6,8,10,14H,3-4,7,9H2,1-2H3. The van der Waals surface area contributed by atoms with Gasteiger partial charge in [0.25, 0.3) is 0 Å². The van der Waals surface area contributed by atoms with Crippen LogP contribution in [0.15, 0.2) is 18.2 Å². The molecule has 1 fully saturated rings. The van der Waals surface area contributed by atoms with Crippen molar-refractivity contribution >= 4 is 0 Å². The summed E-state index contributed by atoms with van der Waals surface area (Å²) >= 11 is 0. The minimum atomic E-state index is 0.541. The first kappa shape index (κ1) is 11.3. The van der Waals surface area contributed by atoms with Gasteiger partial charge in [-0.05, 0) is 37.6 Å². The Morgan fingerprint density at radius 1 is 1.25 bits per heavy atom. The summed E-state index contributed by atoms with van der Waals surface area (Å²) in [5.41, 5.74) is 1.26. The van der Waals surface area contributed by atoms with E-state index in [0.717, 1.165) is 24.6 Å². The molecule has 0 aliphatic carbocycles. The van der Waals surface area contributed by atoms with Gasteiger partial charge in [-0.15, -0.1) is 0 Å². The molecule has 0 radical (unpaired) electrons. The number of methoxy groups -OCH3 is 2. The molecular formula is C13H19NO2. The predicted octanol–water partition coefficient (Wildman–Crippen LogP) is 2.17. The van der Waals surface area contributed by atoms with Crippen molar-refractivity contribution < 1.29 is 9.47 Å². The molecule has 1 aliphatic heterocycles. The SMILES string of the molecule is COc1ccc(OC)c(C2CCCNC2)c1. The van der Waals surface area contributed by atoms with Gasteiger partial charge in [-0.25, -0.2) is 0 Å². The largest absolute Gasteiger partial charge is 0.497 e. The summed E-state index contributed by atoms with van der Waals surface area (Å²) < 4.78 is 10.7. The first-order valence-corrected chi connectivity index (χ1v) is 5.78. The van der Waals surface area contributed by atoms with E-state index in [-0.39, 0.29) is 0 Å². The van der Waals surface area contributed by atoms with Gasteiger partial charge in [0.05, 0.1) is 14.2 Å².